The fraction of sp³-hybridized carbons (Fsp3) is 0.417. The molecule has 0 amide bonds. The second kappa shape index (κ2) is 3.93. The van der Waals surface area contributed by atoms with Crippen molar-refractivity contribution in [3.63, 3.8) is 0 Å². The summed E-state index contributed by atoms with van der Waals surface area (Å²) >= 11 is 0. The van der Waals surface area contributed by atoms with E-state index in [4.69, 9.17) is 4.74 Å². The van der Waals surface area contributed by atoms with Crippen LogP contribution in [0.5, 0.6) is 5.75 Å². The Morgan fingerprint density at radius 1 is 1.47 bits per heavy atom. The number of esters is 1. The van der Waals surface area contributed by atoms with Gasteiger partial charge in [-0.25, -0.2) is 0 Å². The Kier molecular flexibility index (Phi) is 2.62. The number of aryl methyl sites for hydroxylation is 1. The molecule has 0 spiro atoms. The van der Waals surface area contributed by atoms with Crippen LogP contribution in [0.4, 0.5) is 0 Å². The van der Waals surface area contributed by atoms with Crippen LogP contribution in [-0.2, 0) is 22.4 Å². The van der Waals surface area contributed by atoms with Crippen molar-refractivity contribution >= 4 is 5.97 Å². The van der Waals surface area contributed by atoms with Crippen molar-refractivity contribution in [3.8, 4) is 5.75 Å². The molecule has 1 aromatic rings. The Bertz CT molecular complexity index is 384. The molecule has 0 saturated carbocycles. The average Bonchev–Trinajstić information content (AvgIpc) is 2.27. The highest BCUT2D eigenvalue weighted by atomic mass is 16.5. The Hall–Kier alpha value is -1.51. The summed E-state index contributed by atoms with van der Waals surface area (Å²) in [5.74, 6) is 0.144. The molecule has 0 aliphatic heterocycles. The van der Waals surface area contributed by atoms with Crippen LogP contribution in [0.2, 0.25) is 0 Å². The third kappa shape index (κ3) is 1.96. The van der Waals surface area contributed by atoms with E-state index in [2.05, 4.69) is 0 Å². The molecule has 0 saturated heterocycles. The maximum absolute atomic E-state index is 11.4. The van der Waals surface area contributed by atoms with Gasteiger partial charge in [-0.3, -0.25) is 4.79 Å². The number of phenols is 1. The summed E-state index contributed by atoms with van der Waals surface area (Å²) in [6.07, 6.45) is 2.37. The van der Waals surface area contributed by atoms with Gasteiger partial charge in [0.05, 0.1) is 13.0 Å². The minimum absolute atomic E-state index is 0.0213. The van der Waals surface area contributed by atoms with Gasteiger partial charge < -0.3 is 9.84 Å². The van der Waals surface area contributed by atoms with Crippen molar-refractivity contribution in [2.45, 2.75) is 19.3 Å². The molecule has 0 fully saturated rings. The molecule has 2 rings (SSSR count). The summed E-state index contributed by atoms with van der Waals surface area (Å²) in [7, 11) is 1.43. The van der Waals surface area contributed by atoms with E-state index in [-0.39, 0.29) is 11.9 Å². The summed E-state index contributed by atoms with van der Waals surface area (Å²) in [5, 5.41) is 9.32. The molecule has 1 aromatic carbocycles. The largest absolute Gasteiger partial charge is 0.508 e. The van der Waals surface area contributed by atoms with E-state index in [1.165, 1.54) is 7.11 Å². The molecule has 0 radical (unpaired) electrons. The van der Waals surface area contributed by atoms with E-state index in [1.54, 1.807) is 12.1 Å². The lowest BCUT2D eigenvalue weighted by Crippen LogP contribution is -2.23. The highest BCUT2D eigenvalue weighted by Gasteiger charge is 2.25. The first kappa shape index (κ1) is 10.0. The highest BCUT2D eigenvalue weighted by molar-refractivity contribution is 5.73. The van der Waals surface area contributed by atoms with Gasteiger partial charge in [0.2, 0.25) is 0 Å². The van der Waals surface area contributed by atoms with Crippen molar-refractivity contribution in [2.24, 2.45) is 5.92 Å². The van der Waals surface area contributed by atoms with Crippen LogP contribution in [0.25, 0.3) is 0 Å². The Balaban J connectivity index is 2.20. The summed E-state index contributed by atoms with van der Waals surface area (Å²) in [6.45, 7) is 0. The zero-order chi connectivity index (χ0) is 10.8. The van der Waals surface area contributed by atoms with Crippen LogP contribution in [0.15, 0.2) is 18.2 Å². The third-order valence-corrected chi connectivity index (χ3v) is 2.95. The number of fused-ring (bicyclic) bond motifs is 1. The molecule has 80 valence electrons. The number of methoxy groups -OCH3 is 1. The van der Waals surface area contributed by atoms with Crippen LogP contribution in [0.3, 0.4) is 0 Å². The van der Waals surface area contributed by atoms with Crippen LogP contribution in [-0.4, -0.2) is 18.2 Å². The summed E-state index contributed by atoms with van der Waals surface area (Å²) in [4.78, 5) is 11.4. The molecule has 1 N–H and O–H groups in total. The van der Waals surface area contributed by atoms with E-state index in [1.807, 2.05) is 6.07 Å². The minimum Gasteiger partial charge on any atom is -0.508 e. The quantitative estimate of drug-likeness (QED) is 0.711. The van der Waals surface area contributed by atoms with Crippen molar-refractivity contribution in [1.82, 2.24) is 0 Å². The predicted octanol–water partition coefficient (Wildman–Crippen LogP) is 1.67. The molecule has 0 aromatic heterocycles. The second-order valence-electron chi connectivity index (χ2n) is 3.92. The molecule has 15 heavy (non-hydrogen) atoms. The van der Waals surface area contributed by atoms with Gasteiger partial charge in [-0.2, -0.15) is 0 Å². The van der Waals surface area contributed by atoms with Crippen LogP contribution in [0, 0.1) is 5.92 Å². The number of carbonyl (C=O) groups is 1. The van der Waals surface area contributed by atoms with Gasteiger partial charge in [0.25, 0.3) is 0 Å². The normalized spacial score (nSPS) is 19.4. The Morgan fingerprint density at radius 2 is 2.27 bits per heavy atom. The predicted molar refractivity (Wildman–Crippen MR) is 55.6 cm³/mol. The Morgan fingerprint density at radius 3 is 3.00 bits per heavy atom. The van der Waals surface area contributed by atoms with Crippen molar-refractivity contribution < 1.29 is 14.6 Å². The standard InChI is InChI=1S/C12H14O3/c1-15-12(14)10-3-2-9-7-11(13)5-4-8(9)6-10/h4-5,7,10,13H,2-3,6H2,1H3. The van der Waals surface area contributed by atoms with Crippen molar-refractivity contribution in [1.29, 1.82) is 0 Å². The topological polar surface area (TPSA) is 46.5 Å². The fourth-order valence-corrected chi connectivity index (χ4v) is 2.11. The number of benzene rings is 1. The van der Waals surface area contributed by atoms with Crippen LogP contribution < -0.4 is 0 Å². The first-order valence-corrected chi connectivity index (χ1v) is 5.09. The maximum Gasteiger partial charge on any atom is 0.309 e. The van der Waals surface area contributed by atoms with Gasteiger partial charge in [-0.05, 0) is 42.5 Å². The number of phenolic OH excluding ortho intramolecular Hbond substituents is 1. The van der Waals surface area contributed by atoms with Crippen molar-refractivity contribution in [3.05, 3.63) is 29.3 Å². The summed E-state index contributed by atoms with van der Waals surface area (Å²) < 4.78 is 4.74. The van der Waals surface area contributed by atoms with Crippen LogP contribution in [0.1, 0.15) is 17.5 Å². The lowest BCUT2D eigenvalue weighted by atomic mass is 9.84. The van der Waals surface area contributed by atoms with Crippen molar-refractivity contribution in [2.75, 3.05) is 7.11 Å². The molecule has 3 heteroatoms. The van der Waals surface area contributed by atoms with E-state index in [0.717, 1.165) is 30.4 Å². The van der Waals surface area contributed by atoms with Crippen LogP contribution >= 0.6 is 0 Å². The number of hydrogen-bond donors (Lipinski definition) is 1. The number of carbonyl (C=O) groups excluding carboxylic acids is 1. The first-order chi connectivity index (χ1) is 7.20. The number of ether oxygens (including phenoxy) is 1. The SMILES string of the molecule is COC(=O)C1CCc2cc(O)ccc2C1. The molecule has 0 heterocycles. The van der Waals surface area contributed by atoms with Gasteiger partial charge in [0, 0.05) is 0 Å². The smallest absolute Gasteiger partial charge is 0.309 e. The molecule has 1 aliphatic rings. The van der Waals surface area contributed by atoms with E-state index >= 15 is 0 Å². The van der Waals surface area contributed by atoms with E-state index in [0.29, 0.717) is 5.75 Å². The van der Waals surface area contributed by atoms with Gasteiger partial charge in [-0.15, -0.1) is 0 Å². The van der Waals surface area contributed by atoms with E-state index < -0.39 is 0 Å². The molecule has 1 unspecified atom stereocenters. The zero-order valence-corrected chi connectivity index (χ0v) is 8.69. The number of rotatable bonds is 1. The van der Waals surface area contributed by atoms with Gasteiger partial charge in [-0.1, -0.05) is 6.07 Å². The van der Waals surface area contributed by atoms with E-state index in [9.17, 15) is 9.90 Å². The maximum atomic E-state index is 11.4. The highest BCUT2D eigenvalue weighted by Crippen LogP contribution is 2.28. The summed E-state index contributed by atoms with van der Waals surface area (Å²) in [6, 6.07) is 5.33. The number of aromatic hydroxyl groups is 1. The fourth-order valence-electron chi connectivity index (χ4n) is 2.11. The average molecular weight is 206 g/mol. The lowest BCUT2D eigenvalue weighted by Gasteiger charge is -2.22. The summed E-state index contributed by atoms with van der Waals surface area (Å²) in [5.41, 5.74) is 2.30. The monoisotopic (exact) mass is 206 g/mol. The molecule has 3 nitrogen and oxygen atoms in total. The molecular weight excluding hydrogens is 192 g/mol. The minimum atomic E-state index is -0.131. The lowest BCUT2D eigenvalue weighted by molar-refractivity contribution is -0.145. The first-order valence-electron chi connectivity index (χ1n) is 5.09. The molecule has 1 atom stereocenters. The van der Waals surface area contributed by atoms with Gasteiger partial charge in [0.1, 0.15) is 5.75 Å². The van der Waals surface area contributed by atoms with Gasteiger partial charge >= 0.3 is 5.97 Å². The third-order valence-electron chi connectivity index (χ3n) is 2.95. The number of hydrogen-bond acceptors (Lipinski definition) is 3. The Labute approximate surface area is 88.7 Å². The molecule has 1 aliphatic carbocycles. The molecular formula is C12H14O3. The molecule has 0 bridgehead atoms. The van der Waals surface area contributed by atoms with Gasteiger partial charge in [0.15, 0.2) is 0 Å². The second-order valence-corrected chi connectivity index (χ2v) is 3.92. The zero-order valence-electron chi connectivity index (χ0n) is 8.69.